The second-order valence-electron chi connectivity index (χ2n) is 5.92. The van der Waals surface area contributed by atoms with E-state index in [1.807, 2.05) is 6.92 Å². The van der Waals surface area contributed by atoms with Crippen LogP contribution in [0.15, 0.2) is 28.6 Å². The number of benzene rings is 1. The van der Waals surface area contributed by atoms with E-state index in [9.17, 15) is 18.0 Å². The van der Waals surface area contributed by atoms with Crippen LogP contribution in [0.4, 0.5) is 10.8 Å². The molecule has 0 radical (unpaired) electrons. The number of sulfonamides is 1. The average molecular weight is 412 g/mol. The van der Waals surface area contributed by atoms with Crippen molar-refractivity contribution in [1.82, 2.24) is 15.5 Å². The molecule has 0 aliphatic rings. The molecule has 2 aromatic rings. The molecule has 1 aromatic heterocycles. The predicted octanol–water partition coefficient (Wildman–Crippen LogP) is 2.07. The van der Waals surface area contributed by atoms with E-state index >= 15 is 0 Å². The van der Waals surface area contributed by atoms with Gasteiger partial charge in [0.05, 0.1) is 11.3 Å². The SMILES string of the molecule is CCCNC(=O)c1ccccc1NS(=O)(=O)c1nnc(NC(=O)C(C)C)s1. The Kier molecular flexibility index (Phi) is 6.86. The van der Waals surface area contributed by atoms with Gasteiger partial charge in [-0.25, -0.2) is 0 Å². The van der Waals surface area contributed by atoms with Crippen LogP contribution in [0.25, 0.3) is 0 Å². The first-order valence-electron chi connectivity index (χ1n) is 8.29. The van der Waals surface area contributed by atoms with Crippen molar-refractivity contribution in [1.29, 1.82) is 0 Å². The van der Waals surface area contributed by atoms with Crippen LogP contribution in [-0.4, -0.2) is 37.0 Å². The molecule has 0 unspecified atom stereocenters. The zero-order valence-electron chi connectivity index (χ0n) is 15.1. The highest BCUT2D eigenvalue weighted by atomic mass is 32.2. The van der Waals surface area contributed by atoms with E-state index in [-0.39, 0.29) is 38.5 Å². The van der Waals surface area contributed by atoms with E-state index in [0.717, 1.165) is 17.8 Å². The van der Waals surface area contributed by atoms with Crippen LogP contribution >= 0.6 is 11.3 Å². The molecule has 0 aliphatic carbocycles. The Morgan fingerprint density at radius 3 is 2.56 bits per heavy atom. The zero-order valence-corrected chi connectivity index (χ0v) is 16.8. The van der Waals surface area contributed by atoms with Crippen LogP contribution < -0.4 is 15.4 Å². The number of nitrogens with zero attached hydrogens (tertiary/aromatic N) is 2. The fraction of sp³-hybridized carbons (Fsp3) is 0.375. The Morgan fingerprint density at radius 1 is 1.19 bits per heavy atom. The molecule has 0 atom stereocenters. The van der Waals surface area contributed by atoms with Crippen molar-refractivity contribution in [2.24, 2.45) is 5.92 Å². The van der Waals surface area contributed by atoms with Gasteiger partial charge in [0.25, 0.3) is 20.3 Å². The standard InChI is InChI=1S/C16H21N5O4S2/c1-4-9-17-14(23)11-7-5-6-8-12(11)21-27(24,25)16-20-19-15(26-16)18-13(22)10(2)3/h5-8,10,21H,4,9H2,1-3H3,(H,17,23)(H,18,19,22). The third kappa shape index (κ3) is 5.47. The second-order valence-corrected chi connectivity index (χ2v) is 8.76. The number of hydrogen-bond donors (Lipinski definition) is 3. The number of carbonyl (C=O) groups is 2. The molecule has 11 heteroatoms. The van der Waals surface area contributed by atoms with Gasteiger partial charge < -0.3 is 10.6 Å². The van der Waals surface area contributed by atoms with Crippen molar-refractivity contribution in [3.63, 3.8) is 0 Å². The van der Waals surface area contributed by atoms with Gasteiger partial charge in [-0.15, -0.1) is 10.2 Å². The average Bonchev–Trinajstić information content (AvgIpc) is 3.09. The topological polar surface area (TPSA) is 130 Å². The van der Waals surface area contributed by atoms with Gasteiger partial charge in [0.15, 0.2) is 0 Å². The van der Waals surface area contributed by atoms with E-state index in [0.29, 0.717) is 6.54 Å². The Morgan fingerprint density at radius 2 is 1.89 bits per heavy atom. The summed E-state index contributed by atoms with van der Waals surface area (Å²) >= 11 is 0.728. The van der Waals surface area contributed by atoms with E-state index < -0.39 is 10.0 Å². The Bertz CT molecular complexity index is 924. The number of carbonyl (C=O) groups excluding carboxylic acids is 2. The fourth-order valence-electron chi connectivity index (χ4n) is 1.91. The minimum Gasteiger partial charge on any atom is -0.352 e. The summed E-state index contributed by atoms with van der Waals surface area (Å²) in [4.78, 5) is 23.9. The monoisotopic (exact) mass is 411 g/mol. The minimum absolute atomic E-state index is 0.0862. The number of amides is 2. The summed E-state index contributed by atoms with van der Waals surface area (Å²) in [6.45, 7) is 5.81. The van der Waals surface area contributed by atoms with E-state index in [1.165, 1.54) is 12.1 Å². The summed E-state index contributed by atoms with van der Waals surface area (Å²) in [5.41, 5.74) is 0.335. The summed E-state index contributed by atoms with van der Waals surface area (Å²) in [7, 11) is -4.06. The first-order chi connectivity index (χ1) is 12.7. The second kappa shape index (κ2) is 8.91. The Balaban J connectivity index is 2.21. The predicted molar refractivity (Wildman–Crippen MR) is 103 cm³/mol. The van der Waals surface area contributed by atoms with Crippen molar-refractivity contribution in [3.05, 3.63) is 29.8 Å². The third-order valence-corrected chi connectivity index (χ3v) is 5.91. The van der Waals surface area contributed by atoms with E-state index in [2.05, 4.69) is 25.6 Å². The van der Waals surface area contributed by atoms with Crippen LogP contribution in [-0.2, 0) is 14.8 Å². The summed E-state index contributed by atoms with van der Waals surface area (Å²) < 4.78 is 27.2. The maximum atomic E-state index is 12.6. The van der Waals surface area contributed by atoms with Crippen LogP contribution in [0.3, 0.4) is 0 Å². The molecule has 9 nitrogen and oxygen atoms in total. The molecule has 0 saturated carbocycles. The molecule has 0 bridgehead atoms. The molecular weight excluding hydrogens is 390 g/mol. The third-order valence-electron chi connectivity index (χ3n) is 3.34. The molecule has 2 rings (SSSR count). The summed E-state index contributed by atoms with van der Waals surface area (Å²) in [5, 5.41) is 12.6. The molecule has 0 aliphatic heterocycles. The minimum atomic E-state index is -4.06. The zero-order chi connectivity index (χ0) is 20.0. The smallest absolute Gasteiger partial charge is 0.291 e. The summed E-state index contributed by atoms with van der Waals surface area (Å²) in [5.74, 6) is -0.945. The van der Waals surface area contributed by atoms with Crippen LogP contribution in [0.2, 0.25) is 0 Å². The van der Waals surface area contributed by atoms with Crippen LogP contribution in [0.5, 0.6) is 0 Å². The first kappa shape index (κ1) is 20.8. The number of nitrogens with one attached hydrogen (secondary N) is 3. The number of anilines is 2. The Labute approximate surface area is 161 Å². The number of aromatic nitrogens is 2. The highest BCUT2D eigenvalue weighted by Gasteiger charge is 2.23. The number of hydrogen-bond acceptors (Lipinski definition) is 7. The van der Waals surface area contributed by atoms with Crippen LogP contribution in [0.1, 0.15) is 37.6 Å². The van der Waals surface area contributed by atoms with Gasteiger partial charge in [-0.05, 0) is 18.6 Å². The highest BCUT2D eigenvalue weighted by molar-refractivity contribution is 7.94. The maximum Gasteiger partial charge on any atom is 0.291 e. The summed E-state index contributed by atoms with van der Waals surface area (Å²) in [6.07, 6.45) is 0.759. The van der Waals surface area contributed by atoms with Gasteiger partial charge in [-0.2, -0.15) is 8.42 Å². The van der Waals surface area contributed by atoms with Gasteiger partial charge >= 0.3 is 0 Å². The van der Waals surface area contributed by atoms with Crippen molar-refractivity contribution in [2.45, 2.75) is 31.5 Å². The molecule has 1 heterocycles. The lowest BCUT2D eigenvalue weighted by atomic mass is 10.1. The van der Waals surface area contributed by atoms with Crippen LogP contribution in [0, 0.1) is 5.92 Å². The molecule has 1 aromatic carbocycles. The lowest BCUT2D eigenvalue weighted by Crippen LogP contribution is -2.25. The molecule has 3 N–H and O–H groups in total. The lowest BCUT2D eigenvalue weighted by Gasteiger charge is -2.11. The largest absolute Gasteiger partial charge is 0.352 e. The fourth-order valence-corrected chi connectivity index (χ4v) is 3.89. The molecule has 146 valence electrons. The normalized spacial score (nSPS) is 11.3. The van der Waals surface area contributed by atoms with E-state index in [4.69, 9.17) is 0 Å². The van der Waals surface area contributed by atoms with Gasteiger partial charge in [0.2, 0.25) is 11.0 Å². The molecule has 0 fully saturated rings. The molecule has 0 spiro atoms. The van der Waals surface area contributed by atoms with Gasteiger partial charge in [0, 0.05) is 12.5 Å². The first-order valence-corrected chi connectivity index (χ1v) is 10.6. The molecular formula is C16H21N5O4S2. The van der Waals surface area contributed by atoms with Gasteiger partial charge in [-0.3, -0.25) is 14.3 Å². The molecule has 0 saturated heterocycles. The van der Waals surface area contributed by atoms with Crippen molar-refractivity contribution in [3.8, 4) is 0 Å². The van der Waals surface area contributed by atoms with Crippen molar-refractivity contribution < 1.29 is 18.0 Å². The maximum absolute atomic E-state index is 12.6. The molecule has 2 amide bonds. The van der Waals surface area contributed by atoms with Gasteiger partial charge in [-0.1, -0.05) is 44.2 Å². The van der Waals surface area contributed by atoms with E-state index in [1.54, 1.807) is 26.0 Å². The number of para-hydroxylation sites is 1. The highest BCUT2D eigenvalue weighted by Crippen LogP contribution is 2.24. The summed E-state index contributed by atoms with van der Waals surface area (Å²) in [6, 6.07) is 6.27. The van der Waals surface area contributed by atoms with Crippen molar-refractivity contribution in [2.75, 3.05) is 16.6 Å². The Hall–Kier alpha value is -2.53. The molecule has 27 heavy (non-hydrogen) atoms. The van der Waals surface area contributed by atoms with Gasteiger partial charge in [0.1, 0.15) is 0 Å². The lowest BCUT2D eigenvalue weighted by molar-refractivity contribution is -0.118. The quantitative estimate of drug-likeness (QED) is 0.570. The van der Waals surface area contributed by atoms with Crippen molar-refractivity contribution >= 4 is 44.0 Å². The number of rotatable bonds is 8.